The average Bonchev–Trinajstić information content (AvgIpc) is 2.85. The van der Waals surface area contributed by atoms with Crippen LogP contribution in [0.25, 0.3) is 43.8 Å². The van der Waals surface area contributed by atoms with Crippen molar-refractivity contribution in [2.24, 2.45) is 0 Å². The van der Waals surface area contributed by atoms with Crippen LogP contribution in [-0.2, 0) is 6.42 Å². The van der Waals surface area contributed by atoms with Gasteiger partial charge in [-0.3, -0.25) is 0 Å². The van der Waals surface area contributed by atoms with Crippen LogP contribution in [0.1, 0.15) is 18.9 Å². The Morgan fingerprint density at radius 3 is 1.89 bits per heavy atom. The lowest BCUT2D eigenvalue weighted by molar-refractivity contribution is 0.451. The van der Waals surface area contributed by atoms with Gasteiger partial charge in [0.2, 0.25) is 0 Å². The number of hydrogen-bond acceptors (Lipinski definition) is 0. The molecule has 0 heterocycles. The van der Waals surface area contributed by atoms with Gasteiger partial charge in [0.25, 0.3) is 0 Å². The van der Waals surface area contributed by atoms with Crippen molar-refractivity contribution < 1.29 is 30.7 Å². The second-order valence-corrected chi connectivity index (χ2v) is 8.57. The summed E-state index contributed by atoms with van der Waals surface area (Å²) < 4.78 is 102. The molecular formula is C29H17F7. The van der Waals surface area contributed by atoms with Crippen molar-refractivity contribution in [1.82, 2.24) is 0 Å². The smallest absolute Gasteiger partial charge is 0.195 e. The van der Waals surface area contributed by atoms with E-state index in [4.69, 9.17) is 0 Å². The van der Waals surface area contributed by atoms with Crippen molar-refractivity contribution in [2.75, 3.05) is 0 Å². The van der Waals surface area contributed by atoms with Crippen LogP contribution in [0.15, 0.2) is 60.7 Å². The summed E-state index contributed by atoms with van der Waals surface area (Å²) in [5.74, 6) is -10.2. The number of rotatable bonds is 4. The Kier molecular flexibility index (Phi) is 5.94. The highest BCUT2D eigenvalue weighted by Crippen LogP contribution is 2.38. The molecule has 0 N–H and O–H groups in total. The van der Waals surface area contributed by atoms with E-state index in [2.05, 4.69) is 0 Å². The number of halogens is 7. The molecule has 182 valence electrons. The minimum absolute atomic E-state index is 0.0417. The summed E-state index contributed by atoms with van der Waals surface area (Å²) in [4.78, 5) is 0. The summed E-state index contributed by atoms with van der Waals surface area (Å²) in [5.41, 5.74) is 0.929. The van der Waals surface area contributed by atoms with Gasteiger partial charge in [0, 0.05) is 11.1 Å². The molecule has 0 bridgehead atoms. The highest BCUT2D eigenvalue weighted by Gasteiger charge is 2.22. The molecule has 0 aliphatic heterocycles. The number of aryl methyl sites for hydroxylation is 1. The molecule has 5 aromatic rings. The van der Waals surface area contributed by atoms with Crippen LogP contribution in [0.4, 0.5) is 30.7 Å². The van der Waals surface area contributed by atoms with Crippen molar-refractivity contribution in [1.29, 1.82) is 0 Å². The molecule has 0 fully saturated rings. The van der Waals surface area contributed by atoms with Crippen molar-refractivity contribution in [2.45, 2.75) is 19.8 Å². The highest BCUT2D eigenvalue weighted by molar-refractivity contribution is 5.94. The summed E-state index contributed by atoms with van der Waals surface area (Å²) in [7, 11) is 0. The van der Waals surface area contributed by atoms with E-state index in [0.717, 1.165) is 30.5 Å². The van der Waals surface area contributed by atoms with Crippen LogP contribution in [0, 0.1) is 40.7 Å². The lowest BCUT2D eigenvalue weighted by Crippen LogP contribution is -1.98. The zero-order valence-corrected chi connectivity index (χ0v) is 18.8. The first-order valence-electron chi connectivity index (χ1n) is 11.2. The summed E-state index contributed by atoms with van der Waals surface area (Å²) in [6, 6.07) is 13.2. The standard InChI is InChI=1S/C29H17F7/c1-2-3-14-4-6-15(7-5-14)20-11-16-8-9-19(25(32)24(16)29(36)26(20)33)17-10-18-13-22(31)27(34)28(35)23(18)21(30)12-17/h4-13H,2-3H2,1H3. The largest absolute Gasteiger partial charge is 0.206 e. The summed E-state index contributed by atoms with van der Waals surface area (Å²) in [6.07, 6.45) is 1.77. The zero-order chi connectivity index (χ0) is 25.7. The summed E-state index contributed by atoms with van der Waals surface area (Å²) in [5, 5.41) is -1.73. The topological polar surface area (TPSA) is 0 Å². The van der Waals surface area contributed by atoms with E-state index in [9.17, 15) is 17.6 Å². The first-order chi connectivity index (χ1) is 17.2. The summed E-state index contributed by atoms with van der Waals surface area (Å²) in [6.45, 7) is 2.03. The Morgan fingerprint density at radius 1 is 0.500 bits per heavy atom. The lowest BCUT2D eigenvalue weighted by atomic mass is 9.94. The molecule has 0 spiro atoms. The van der Waals surface area contributed by atoms with E-state index in [1.165, 1.54) is 18.2 Å². The molecule has 0 nitrogen and oxygen atoms in total. The van der Waals surface area contributed by atoms with Gasteiger partial charge in [-0.15, -0.1) is 0 Å². The monoisotopic (exact) mass is 498 g/mol. The van der Waals surface area contributed by atoms with Crippen molar-refractivity contribution in [3.8, 4) is 22.3 Å². The molecule has 5 aromatic carbocycles. The fraction of sp³-hybridized carbons (Fsp3) is 0.103. The van der Waals surface area contributed by atoms with E-state index in [-0.39, 0.29) is 27.5 Å². The zero-order valence-electron chi connectivity index (χ0n) is 18.8. The van der Waals surface area contributed by atoms with Crippen LogP contribution in [0.2, 0.25) is 0 Å². The molecule has 0 saturated carbocycles. The van der Waals surface area contributed by atoms with E-state index >= 15 is 13.2 Å². The molecule has 0 aromatic heterocycles. The molecule has 7 heteroatoms. The number of fused-ring (bicyclic) bond motifs is 2. The van der Waals surface area contributed by atoms with E-state index in [1.807, 2.05) is 19.1 Å². The van der Waals surface area contributed by atoms with Gasteiger partial charge >= 0.3 is 0 Å². The maximum absolute atomic E-state index is 15.5. The van der Waals surface area contributed by atoms with E-state index in [1.54, 1.807) is 12.1 Å². The van der Waals surface area contributed by atoms with Gasteiger partial charge in [-0.1, -0.05) is 49.7 Å². The van der Waals surface area contributed by atoms with Gasteiger partial charge in [0.15, 0.2) is 29.1 Å². The Balaban J connectivity index is 1.67. The third-order valence-corrected chi connectivity index (χ3v) is 6.26. The number of benzene rings is 5. The minimum atomic E-state index is -1.83. The second kappa shape index (κ2) is 8.97. The van der Waals surface area contributed by atoms with Crippen LogP contribution in [-0.4, -0.2) is 0 Å². The van der Waals surface area contributed by atoms with Crippen LogP contribution < -0.4 is 0 Å². The van der Waals surface area contributed by atoms with Gasteiger partial charge in [0.1, 0.15) is 11.6 Å². The molecule has 0 saturated heterocycles. The van der Waals surface area contributed by atoms with Crippen LogP contribution in [0.5, 0.6) is 0 Å². The van der Waals surface area contributed by atoms with Crippen molar-refractivity contribution >= 4 is 21.5 Å². The Labute approximate surface area is 201 Å². The van der Waals surface area contributed by atoms with Crippen molar-refractivity contribution in [3.05, 3.63) is 107 Å². The molecule has 0 aliphatic carbocycles. The van der Waals surface area contributed by atoms with Gasteiger partial charge in [-0.2, -0.15) is 0 Å². The molecular weight excluding hydrogens is 481 g/mol. The van der Waals surface area contributed by atoms with Crippen LogP contribution >= 0.6 is 0 Å². The lowest BCUT2D eigenvalue weighted by Gasteiger charge is -2.13. The van der Waals surface area contributed by atoms with E-state index < -0.39 is 51.5 Å². The Morgan fingerprint density at radius 2 is 1.19 bits per heavy atom. The SMILES string of the molecule is CCCc1ccc(-c2cc3ccc(-c4cc(F)c5c(F)c(F)c(F)cc5c4)c(F)c3c(F)c2F)cc1. The maximum atomic E-state index is 15.5. The summed E-state index contributed by atoms with van der Waals surface area (Å²) >= 11 is 0. The first-order valence-corrected chi connectivity index (χ1v) is 11.2. The number of hydrogen-bond donors (Lipinski definition) is 0. The van der Waals surface area contributed by atoms with Crippen molar-refractivity contribution in [3.63, 3.8) is 0 Å². The first kappa shape index (κ1) is 23.9. The molecule has 0 unspecified atom stereocenters. The maximum Gasteiger partial charge on any atom is 0.195 e. The third kappa shape index (κ3) is 3.79. The second-order valence-electron chi connectivity index (χ2n) is 8.57. The quantitative estimate of drug-likeness (QED) is 0.171. The average molecular weight is 498 g/mol. The molecule has 0 amide bonds. The minimum Gasteiger partial charge on any atom is -0.206 e. The highest BCUT2D eigenvalue weighted by atomic mass is 19.2. The predicted molar refractivity (Wildman–Crippen MR) is 126 cm³/mol. The van der Waals surface area contributed by atoms with Gasteiger partial charge in [-0.25, -0.2) is 30.7 Å². The predicted octanol–water partition coefficient (Wildman–Crippen LogP) is 9.25. The van der Waals surface area contributed by atoms with Crippen LogP contribution in [0.3, 0.4) is 0 Å². The van der Waals surface area contributed by atoms with Gasteiger partial charge in [-0.05, 0) is 58.1 Å². The Bertz CT molecular complexity index is 1650. The fourth-order valence-corrected chi connectivity index (χ4v) is 4.50. The molecule has 0 atom stereocenters. The fourth-order valence-electron chi connectivity index (χ4n) is 4.50. The normalized spacial score (nSPS) is 11.6. The third-order valence-electron chi connectivity index (χ3n) is 6.26. The molecule has 36 heavy (non-hydrogen) atoms. The Hall–Kier alpha value is -3.87. The molecule has 5 rings (SSSR count). The molecule has 0 radical (unpaired) electrons. The van der Waals surface area contributed by atoms with E-state index in [0.29, 0.717) is 11.6 Å². The van der Waals surface area contributed by atoms with Gasteiger partial charge < -0.3 is 0 Å². The molecule has 0 aliphatic rings. The van der Waals surface area contributed by atoms with Gasteiger partial charge in [0.05, 0.1) is 10.8 Å².